The SMILES string of the molecule is C[C@@H](c1ccc(Nc2ncc3cc(-c4ccncc4)ccc3n2)cc1)N(C)C. The molecule has 1 atom stereocenters. The summed E-state index contributed by atoms with van der Waals surface area (Å²) >= 11 is 0. The van der Waals surface area contributed by atoms with Crippen LogP contribution in [0.3, 0.4) is 0 Å². The third-order valence-electron chi connectivity index (χ3n) is 5.02. The number of anilines is 2. The van der Waals surface area contributed by atoms with Crippen molar-refractivity contribution in [2.45, 2.75) is 13.0 Å². The number of pyridine rings is 1. The van der Waals surface area contributed by atoms with Crippen molar-refractivity contribution >= 4 is 22.5 Å². The van der Waals surface area contributed by atoms with Gasteiger partial charge in [-0.25, -0.2) is 9.97 Å². The summed E-state index contributed by atoms with van der Waals surface area (Å²) in [6.45, 7) is 2.19. The van der Waals surface area contributed by atoms with Crippen molar-refractivity contribution < 1.29 is 0 Å². The van der Waals surface area contributed by atoms with Gasteiger partial charge in [0.2, 0.25) is 5.95 Å². The molecule has 0 spiro atoms. The highest BCUT2D eigenvalue weighted by atomic mass is 15.1. The van der Waals surface area contributed by atoms with Crippen molar-refractivity contribution in [1.82, 2.24) is 19.9 Å². The molecule has 0 aliphatic carbocycles. The van der Waals surface area contributed by atoms with Crippen LogP contribution in [0.4, 0.5) is 11.6 Å². The van der Waals surface area contributed by atoms with Gasteiger partial charge in [-0.1, -0.05) is 18.2 Å². The van der Waals surface area contributed by atoms with Crippen molar-refractivity contribution in [2.75, 3.05) is 19.4 Å². The fraction of sp³-hybridized carbons (Fsp3) is 0.174. The maximum Gasteiger partial charge on any atom is 0.227 e. The van der Waals surface area contributed by atoms with E-state index in [1.807, 2.05) is 24.4 Å². The lowest BCUT2D eigenvalue weighted by Gasteiger charge is -2.20. The topological polar surface area (TPSA) is 53.9 Å². The number of aromatic nitrogens is 3. The van der Waals surface area contributed by atoms with Crippen LogP contribution in [-0.2, 0) is 0 Å². The Morgan fingerprint density at radius 1 is 0.893 bits per heavy atom. The largest absolute Gasteiger partial charge is 0.324 e. The molecule has 0 amide bonds. The monoisotopic (exact) mass is 369 g/mol. The molecule has 0 aliphatic rings. The number of rotatable bonds is 5. The Morgan fingerprint density at radius 2 is 1.64 bits per heavy atom. The summed E-state index contributed by atoms with van der Waals surface area (Å²) in [6, 6.07) is 19.0. The minimum Gasteiger partial charge on any atom is -0.324 e. The third kappa shape index (κ3) is 3.85. The summed E-state index contributed by atoms with van der Waals surface area (Å²) in [4.78, 5) is 15.4. The molecule has 0 bridgehead atoms. The normalized spacial score (nSPS) is 12.3. The Bertz CT molecular complexity index is 1080. The first kappa shape index (κ1) is 18.1. The van der Waals surface area contributed by atoms with Crippen molar-refractivity contribution in [2.24, 2.45) is 0 Å². The second-order valence-corrected chi connectivity index (χ2v) is 7.09. The van der Waals surface area contributed by atoms with Gasteiger partial charge in [0, 0.05) is 35.7 Å². The summed E-state index contributed by atoms with van der Waals surface area (Å²) < 4.78 is 0. The summed E-state index contributed by atoms with van der Waals surface area (Å²) in [5.74, 6) is 0.595. The zero-order valence-corrected chi connectivity index (χ0v) is 16.3. The average molecular weight is 369 g/mol. The van der Waals surface area contributed by atoms with Crippen LogP contribution in [0, 0.1) is 0 Å². The Kier molecular flexibility index (Phi) is 5.00. The molecule has 2 aromatic heterocycles. The fourth-order valence-corrected chi connectivity index (χ4v) is 3.09. The van der Waals surface area contributed by atoms with Crippen molar-refractivity contribution in [1.29, 1.82) is 0 Å². The Hall–Kier alpha value is -3.31. The van der Waals surface area contributed by atoms with Gasteiger partial charge < -0.3 is 10.2 Å². The summed E-state index contributed by atoms with van der Waals surface area (Å²) in [5.41, 5.74) is 5.42. The molecule has 140 valence electrons. The second kappa shape index (κ2) is 7.74. The average Bonchev–Trinajstić information content (AvgIpc) is 2.74. The number of nitrogens with zero attached hydrogens (tertiary/aromatic N) is 4. The van der Waals surface area contributed by atoms with Gasteiger partial charge in [0.15, 0.2) is 0 Å². The van der Waals surface area contributed by atoms with Crippen molar-refractivity contribution in [3.63, 3.8) is 0 Å². The smallest absolute Gasteiger partial charge is 0.227 e. The van der Waals surface area contributed by atoms with Crippen molar-refractivity contribution in [3.8, 4) is 11.1 Å². The van der Waals surface area contributed by atoms with Gasteiger partial charge in [-0.2, -0.15) is 0 Å². The van der Waals surface area contributed by atoms with E-state index in [1.54, 1.807) is 12.4 Å². The molecule has 0 saturated heterocycles. The minimum atomic E-state index is 0.376. The van der Waals surface area contributed by atoms with E-state index in [4.69, 9.17) is 0 Å². The van der Waals surface area contributed by atoms with Gasteiger partial charge in [-0.05, 0) is 74.1 Å². The van der Waals surface area contributed by atoms with Crippen LogP contribution in [0.5, 0.6) is 0 Å². The Balaban J connectivity index is 1.55. The van der Waals surface area contributed by atoms with Crippen LogP contribution in [0.2, 0.25) is 0 Å². The van der Waals surface area contributed by atoms with E-state index in [2.05, 4.69) is 82.6 Å². The molecule has 0 fully saturated rings. The second-order valence-electron chi connectivity index (χ2n) is 7.09. The molecule has 0 saturated carbocycles. The van der Waals surface area contributed by atoms with Gasteiger partial charge in [0.25, 0.3) is 0 Å². The highest BCUT2D eigenvalue weighted by molar-refractivity contribution is 5.84. The standard InChI is InChI=1S/C23H23N5/c1-16(28(2)3)17-4-7-21(8-5-17)26-23-25-15-20-14-19(6-9-22(20)27-23)18-10-12-24-13-11-18/h4-16H,1-3H3,(H,25,26,27)/t16-/m0/s1. The molecule has 0 aliphatic heterocycles. The van der Waals surface area contributed by atoms with Crippen LogP contribution in [0.15, 0.2) is 73.2 Å². The first-order valence-corrected chi connectivity index (χ1v) is 9.31. The molecular formula is C23H23N5. The van der Waals surface area contributed by atoms with Crippen LogP contribution >= 0.6 is 0 Å². The molecule has 0 radical (unpaired) electrons. The zero-order chi connectivity index (χ0) is 19.5. The quantitative estimate of drug-likeness (QED) is 0.533. The molecule has 4 rings (SSSR count). The van der Waals surface area contributed by atoms with Gasteiger partial charge in [-0.15, -0.1) is 0 Å². The first-order chi connectivity index (χ1) is 13.6. The molecule has 2 aromatic carbocycles. The number of fused-ring (bicyclic) bond motifs is 1. The number of hydrogen-bond donors (Lipinski definition) is 1. The molecule has 5 heteroatoms. The molecule has 2 heterocycles. The van der Waals surface area contributed by atoms with Crippen LogP contribution in [-0.4, -0.2) is 33.9 Å². The number of benzene rings is 2. The van der Waals surface area contributed by atoms with Gasteiger partial charge in [0.1, 0.15) is 0 Å². The first-order valence-electron chi connectivity index (χ1n) is 9.31. The van der Waals surface area contributed by atoms with Gasteiger partial charge in [-0.3, -0.25) is 4.98 Å². The van der Waals surface area contributed by atoms with Crippen LogP contribution in [0.1, 0.15) is 18.5 Å². The fourth-order valence-electron chi connectivity index (χ4n) is 3.09. The highest BCUT2D eigenvalue weighted by Crippen LogP contribution is 2.25. The lowest BCUT2D eigenvalue weighted by atomic mass is 10.1. The Labute approximate surface area is 165 Å². The van der Waals surface area contributed by atoms with E-state index >= 15 is 0 Å². The maximum absolute atomic E-state index is 4.65. The maximum atomic E-state index is 4.65. The van der Waals surface area contributed by atoms with E-state index in [0.717, 1.165) is 27.7 Å². The van der Waals surface area contributed by atoms with E-state index < -0.39 is 0 Å². The Morgan fingerprint density at radius 3 is 2.36 bits per heavy atom. The van der Waals surface area contributed by atoms with E-state index in [-0.39, 0.29) is 0 Å². The molecule has 28 heavy (non-hydrogen) atoms. The lowest BCUT2D eigenvalue weighted by Crippen LogP contribution is -2.16. The third-order valence-corrected chi connectivity index (χ3v) is 5.02. The molecular weight excluding hydrogens is 346 g/mol. The zero-order valence-electron chi connectivity index (χ0n) is 16.3. The van der Waals surface area contributed by atoms with Crippen LogP contribution < -0.4 is 5.32 Å². The van der Waals surface area contributed by atoms with Crippen molar-refractivity contribution in [3.05, 3.63) is 78.8 Å². The highest BCUT2D eigenvalue weighted by Gasteiger charge is 2.08. The number of hydrogen-bond acceptors (Lipinski definition) is 5. The predicted molar refractivity (Wildman–Crippen MR) is 115 cm³/mol. The molecule has 4 aromatic rings. The minimum absolute atomic E-state index is 0.376. The van der Waals surface area contributed by atoms with Gasteiger partial charge in [0.05, 0.1) is 5.52 Å². The summed E-state index contributed by atoms with van der Waals surface area (Å²) in [7, 11) is 4.17. The van der Waals surface area contributed by atoms with E-state index in [0.29, 0.717) is 12.0 Å². The number of nitrogens with one attached hydrogen (secondary N) is 1. The molecule has 0 unspecified atom stereocenters. The predicted octanol–water partition coefficient (Wildman–Crippen LogP) is 5.06. The van der Waals surface area contributed by atoms with E-state index in [1.165, 1.54) is 5.56 Å². The lowest BCUT2D eigenvalue weighted by molar-refractivity contribution is 0.321. The molecule has 1 N–H and O–H groups in total. The summed E-state index contributed by atoms with van der Waals surface area (Å²) in [6.07, 6.45) is 5.46. The van der Waals surface area contributed by atoms with E-state index in [9.17, 15) is 0 Å². The van der Waals surface area contributed by atoms with Gasteiger partial charge >= 0.3 is 0 Å². The van der Waals surface area contributed by atoms with Crippen LogP contribution in [0.25, 0.3) is 22.0 Å². The summed E-state index contributed by atoms with van der Waals surface area (Å²) in [5, 5.41) is 4.30. The molecule has 5 nitrogen and oxygen atoms in total.